The van der Waals surface area contributed by atoms with E-state index in [4.69, 9.17) is 9.97 Å². The molecule has 0 bridgehead atoms. The van der Waals surface area contributed by atoms with Gasteiger partial charge in [-0.2, -0.15) is 0 Å². The number of para-hydroxylation sites is 8. The first-order chi connectivity index (χ1) is 31.3. The van der Waals surface area contributed by atoms with Crippen LogP contribution in [0.4, 0.5) is 22.7 Å². The van der Waals surface area contributed by atoms with Crippen LogP contribution in [-0.2, 0) is 0 Å². The summed E-state index contributed by atoms with van der Waals surface area (Å²) in [7, 11) is 0. The minimum Gasteiger partial charge on any atom is -0.361 e. The van der Waals surface area contributed by atoms with E-state index < -0.39 is 0 Å². The third kappa shape index (κ3) is 5.46. The summed E-state index contributed by atoms with van der Waals surface area (Å²) in [6.07, 6.45) is 0. The van der Waals surface area contributed by atoms with E-state index in [0.717, 1.165) is 79.0 Å². The normalized spacial score (nSPS) is 12.7. The van der Waals surface area contributed by atoms with Crippen LogP contribution >= 0.6 is 0 Å². The van der Waals surface area contributed by atoms with Crippen molar-refractivity contribution < 1.29 is 0 Å². The number of imidazole rings is 2. The Balaban J connectivity index is 1.04. The highest BCUT2D eigenvalue weighted by Gasteiger charge is 2.46. The largest absolute Gasteiger partial charge is 0.421 e. The van der Waals surface area contributed by atoms with Gasteiger partial charge in [-0.25, -0.2) is 9.97 Å². The van der Waals surface area contributed by atoms with E-state index in [0.29, 0.717) is 0 Å². The smallest absolute Gasteiger partial charge is 0.361 e. The van der Waals surface area contributed by atoms with Gasteiger partial charge >= 0.3 is 6.98 Å². The maximum Gasteiger partial charge on any atom is 0.421 e. The molecule has 0 aliphatic carbocycles. The quantitative estimate of drug-likeness (QED) is 0.157. The van der Waals surface area contributed by atoms with E-state index in [1.54, 1.807) is 0 Å². The topological polar surface area (TPSA) is 42.1 Å². The Kier molecular flexibility index (Phi) is 7.90. The Hall–Kier alpha value is -8.42. The fourth-order valence-corrected chi connectivity index (χ4v) is 10.0. The lowest BCUT2D eigenvalue weighted by molar-refractivity contribution is 1.10. The zero-order valence-electron chi connectivity index (χ0n) is 34.1. The molecule has 11 aromatic rings. The second-order valence-electron chi connectivity index (χ2n) is 16.2. The highest BCUT2D eigenvalue weighted by molar-refractivity contribution is 6.86. The molecule has 0 radical (unpaired) electrons. The summed E-state index contributed by atoms with van der Waals surface area (Å²) in [5.41, 5.74) is 18.9. The number of nitrogens with zero attached hydrogens (tertiary/aromatic N) is 6. The van der Waals surface area contributed by atoms with E-state index in [2.05, 4.69) is 243 Å². The van der Waals surface area contributed by atoms with Crippen LogP contribution in [0.3, 0.4) is 0 Å². The fourth-order valence-electron chi connectivity index (χ4n) is 10.0. The molecule has 294 valence electrons. The maximum atomic E-state index is 5.29. The molecular formula is C56H37BN6. The van der Waals surface area contributed by atoms with E-state index in [1.807, 2.05) is 0 Å². The average Bonchev–Trinajstić information content (AvgIpc) is 3.95. The van der Waals surface area contributed by atoms with Crippen LogP contribution in [-0.4, -0.2) is 26.1 Å². The SMILES string of the molecule is c1ccc(-n2c(-c3cccc(N4B5c6c(cccc6-c6ccccc6N5c5cccc(-c6nc7ccccc7n6-c6ccccc6)c5)-c5ccccc54)c3)nc3ccccc32)cc1. The molecule has 63 heavy (non-hydrogen) atoms. The minimum absolute atomic E-state index is 0.243. The number of hydrogen-bond donors (Lipinski definition) is 0. The molecule has 6 nitrogen and oxygen atoms in total. The molecule has 0 atom stereocenters. The van der Waals surface area contributed by atoms with Gasteiger partial charge < -0.3 is 9.62 Å². The predicted molar refractivity (Wildman–Crippen MR) is 260 cm³/mol. The first kappa shape index (κ1) is 35.4. The molecule has 7 heteroatoms. The van der Waals surface area contributed by atoms with Crippen molar-refractivity contribution in [3.8, 4) is 56.4 Å². The lowest BCUT2D eigenvalue weighted by Crippen LogP contribution is -2.61. The predicted octanol–water partition coefficient (Wildman–Crippen LogP) is 13.0. The molecule has 0 spiro atoms. The van der Waals surface area contributed by atoms with Gasteiger partial charge in [-0.3, -0.25) is 9.13 Å². The first-order valence-corrected chi connectivity index (χ1v) is 21.5. The summed E-state index contributed by atoms with van der Waals surface area (Å²) >= 11 is 0. The maximum absolute atomic E-state index is 5.29. The summed E-state index contributed by atoms with van der Waals surface area (Å²) in [6, 6.07) is 80.3. The summed E-state index contributed by atoms with van der Waals surface area (Å²) in [5.74, 6) is 1.80. The van der Waals surface area contributed by atoms with Crippen LogP contribution in [0.1, 0.15) is 0 Å². The van der Waals surface area contributed by atoms with Crippen LogP contribution in [0.5, 0.6) is 0 Å². The first-order valence-electron chi connectivity index (χ1n) is 21.5. The molecule has 0 saturated heterocycles. The zero-order chi connectivity index (χ0) is 41.4. The molecule has 0 amide bonds. The molecule has 0 fully saturated rings. The lowest BCUT2D eigenvalue weighted by Gasteiger charge is -2.47. The number of rotatable bonds is 6. The molecule has 2 aromatic heterocycles. The molecule has 2 aliphatic rings. The van der Waals surface area contributed by atoms with Gasteiger partial charge in [0.1, 0.15) is 11.6 Å². The Morgan fingerprint density at radius 3 is 1.19 bits per heavy atom. The summed E-state index contributed by atoms with van der Waals surface area (Å²) in [5, 5.41) is 0. The number of benzene rings is 9. The van der Waals surface area contributed by atoms with Gasteiger partial charge in [0, 0.05) is 56.4 Å². The molecule has 0 N–H and O–H groups in total. The van der Waals surface area contributed by atoms with Crippen molar-refractivity contribution in [2.75, 3.05) is 9.62 Å². The summed E-state index contributed by atoms with van der Waals surface area (Å²) in [6.45, 7) is -0.243. The molecule has 0 saturated carbocycles. The van der Waals surface area contributed by atoms with Crippen molar-refractivity contribution in [2.45, 2.75) is 0 Å². The summed E-state index contributed by atoms with van der Waals surface area (Å²) < 4.78 is 4.56. The fraction of sp³-hybridized carbons (Fsp3) is 0. The molecule has 13 rings (SSSR count). The number of anilines is 4. The van der Waals surface area contributed by atoms with Crippen LogP contribution in [0, 0.1) is 0 Å². The van der Waals surface area contributed by atoms with Crippen molar-refractivity contribution in [2.24, 2.45) is 0 Å². The van der Waals surface area contributed by atoms with Gasteiger partial charge in [0.2, 0.25) is 0 Å². The van der Waals surface area contributed by atoms with Crippen molar-refractivity contribution in [1.82, 2.24) is 19.1 Å². The van der Waals surface area contributed by atoms with Crippen LogP contribution < -0.4 is 15.1 Å². The third-order valence-electron chi connectivity index (χ3n) is 12.7. The molecular weight excluding hydrogens is 767 g/mol. The molecule has 2 aliphatic heterocycles. The van der Waals surface area contributed by atoms with Crippen molar-refractivity contribution in [1.29, 1.82) is 0 Å². The molecule has 4 heterocycles. The van der Waals surface area contributed by atoms with E-state index in [-0.39, 0.29) is 6.98 Å². The molecule has 0 unspecified atom stereocenters. The monoisotopic (exact) mass is 804 g/mol. The Labute approximate surface area is 365 Å². The van der Waals surface area contributed by atoms with Crippen LogP contribution in [0.25, 0.3) is 78.5 Å². The number of fused-ring (bicyclic) bond motifs is 6. The summed E-state index contributed by atoms with van der Waals surface area (Å²) in [4.78, 5) is 15.7. The van der Waals surface area contributed by atoms with Gasteiger partial charge in [0.05, 0.1) is 22.1 Å². The van der Waals surface area contributed by atoms with Gasteiger partial charge in [0.15, 0.2) is 0 Å². The Bertz CT molecular complexity index is 3330. The van der Waals surface area contributed by atoms with Gasteiger partial charge in [-0.15, -0.1) is 0 Å². The lowest BCUT2D eigenvalue weighted by atomic mass is 9.53. The van der Waals surface area contributed by atoms with E-state index in [1.165, 1.54) is 27.7 Å². The highest BCUT2D eigenvalue weighted by atomic mass is 15.2. The zero-order valence-corrected chi connectivity index (χ0v) is 34.1. The standard InChI is InChI=1S/C56H37BN6/c1-3-20-40(21-4-1)60-52-34-13-9-30-48(52)58-55(60)38-18-15-24-42(36-38)62-50-32-11-7-26-44(50)46-28-17-29-47-45-27-8-12-33-51(45)63(57(62)54(46)47)43-25-16-19-39(37-43)56-59-49-31-10-14-35-53(49)61(56)41-22-5-2-6-23-41/h1-37H. The van der Waals surface area contributed by atoms with Crippen molar-refractivity contribution in [3.05, 3.63) is 224 Å². The Morgan fingerprint density at radius 2 is 0.698 bits per heavy atom. The van der Waals surface area contributed by atoms with Crippen LogP contribution in [0.15, 0.2) is 224 Å². The minimum atomic E-state index is -0.243. The third-order valence-corrected chi connectivity index (χ3v) is 12.7. The van der Waals surface area contributed by atoms with Gasteiger partial charge in [-0.1, -0.05) is 140 Å². The van der Waals surface area contributed by atoms with Crippen molar-refractivity contribution in [3.63, 3.8) is 0 Å². The highest BCUT2D eigenvalue weighted by Crippen LogP contribution is 2.49. The Morgan fingerprint density at radius 1 is 0.317 bits per heavy atom. The second kappa shape index (κ2) is 14.1. The van der Waals surface area contributed by atoms with Gasteiger partial charge in [0.25, 0.3) is 0 Å². The number of hydrogen-bond acceptors (Lipinski definition) is 4. The van der Waals surface area contributed by atoms with Crippen LogP contribution in [0.2, 0.25) is 0 Å². The van der Waals surface area contributed by atoms with E-state index >= 15 is 0 Å². The van der Waals surface area contributed by atoms with E-state index in [9.17, 15) is 0 Å². The number of aromatic nitrogens is 4. The average molecular weight is 805 g/mol. The molecule has 9 aromatic carbocycles. The second-order valence-corrected chi connectivity index (χ2v) is 16.2. The van der Waals surface area contributed by atoms with Crippen molar-refractivity contribution >= 4 is 57.3 Å². The van der Waals surface area contributed by atoms with Gasteiger partial charge in [-0.05, 0) is 102 Å².